The van der Waals surface area contributed by atoms with Crippen molar-refractivity contribution in [2.75, 3.05) is 0 Å². The quantitative estimate of drug-likeness (QED) is 0.159. The van der Waals surface area contributed by atoms with E-state index in [9.17, 15) is 4.79 Å². The lowest BCUT2D eigenvalue weighted by Gasteiger charge is -2.58. The molecular weight excluding hydrogens is 486 g/mol. The summed E-state index contributed by atoms with van der Waals surface area (Å²) >= 11 is 0. The number of hydrogen-bond acceptors (Lipinski definition) is 2. The number of allylic oxidation sites excluding steroid dienone is 2. The van der Waals surface area contributed by atoms with E-state index < -0.39 is 0 Å². The van der Waals surface area contributed by atoms with Crippen LogP contribution in [-0.2, 0) is 4.79 Å². The van der Waals surface area contributed by atoms with Gasteiger partial charge in [0.2, 0.25) is 0 Å². The van der Waals surface area contributed by atoms with Crippen molar-refractivity contribution in [1.29, 1.82) is 5.26 Å². The molecule has 4 aliphatic rings. The van der Waals surface area contributed by atoms with Crippen LogP contribution in [0.5, 0.6) is 0 Å². The highest BCUT2D eigenvalue weighted by Crippen LogP contribution is 2.67. The Labute approximate surface area is 249 Å². The molecule has 0 amide bonds. The minimum absolute atomic E-state index is 0.421. The molecule has 2 heteroatoms. The number of hydrogen-bond donors (Lipinski definition) is 0. The zero-order valence-electron chi connectivity index (χ0n) is 27.5. The van der Waals surface area contributed by atoms with Gasteiger partial charge in [0.05, 0.1) is 0 Å². The molecule has 0 spiro atoms. The molecule has 0 radical (unpaired) electrons. The molecule has 0 aromatic heterocycles. The Morgan fingerprint density at radius 3 is 2.38 bits per heavy atom. The summed E-state index contributed by atoms with van der Waals surface area (Å²) in [6.07, 6.45) is 27.5. The predicted molar refractivity (Wildman–Crippen MR) is 171 cm³/mol. The summed E-state index contributed by atoms with van der Waals surface area (Å²) in [4.78, 5) is 12.8. The van der Waals surface area contributed by atoms with E-state index in [4.69, 9.17) is 5.26 Å². The Morgan fingerprint density at radius 1 is 0.925 bits per heavy atom. The van der Waals surface area contributed by atoms with E-state index in [0.29, 0.717) is 22.5 Å². The number of unbranched alkanes of at least 4 members (excludes halogenated alkanes) is 5. The molecule has 3 fully saturated rings. The van der Waals surface area contributed by atoms with Gasteiger partial charge in [0, 0.05) is 19.4 Å². The Kier molecular flexibility index (Phi) is 12.9. The first-order valence-corrected chi connectivity index (χ1v) is 17.7. The van der Waals surface area contributed by atoms with Crippen molar-refractivity contribution in [2.24, 2.45) is 52.3 Å². The van der Waals surface area contributed by atoms with Gasteiger partial charge in [0.25, 0.3) is 0 Å². The van der Waals surface area contributed by atoms with E-state index in [1.807, 2.05) is 0 Å². The maximum absolute atomic E-state index is 12.8. The number of fused-ring (bicyclic) bond motifs is 5. The summed E-state index contributed by atoms with van der Waals surface area (Å²) < 4.78 is 0. The number of rotatable bonds is 14. The summed E-state index contributed by atoms with van der Waals surface area (Å²) in [5.41, 5.74) is 2.77. The Hall–Kier alpha value is -1.10. The molecule has 3 saturated carbocycles. The van der Waals surface area contributed by atoms with Crippen LogP contribution in [0.1, 0.15) is 164 Å². The first-order chi connectivity index (χ1) is 19.2. The number of Topliss-reactive ketones (excluding diaryl/α,β-unsaturated/α-hetero) is 1. The van der Waals surface area contributed by atoms with Gasteiger partial charge in [-0.1, -0.05) is 105 Å². The van der Waals surface area contributed by atoms with Gasteiger partial charge in [0.15, 0.2) is 0 Å². The number of nitriles is 1. The van der Waals surface area contributed by atoms with Gasteiger partial charge in [-0.05, 0) is 110 Å². The summed E-state index contributed by atoms with van der Waals surface area (Å²) in [6, 6.07) is 0. The van der Waals surface area contributed by atoms with Gasteiger partial charge in [-0.15, -0.1) is 0 Å². The largest absolute Gasteiger partial charge is 0.300 e. The van der Waals surface area contributed by atoms with E-state index in [0.717, 1.165) is 54.8 Å². The van der Waals surface area contributed by atoms with Crippen LogP contribution in [0.3, 0.4) is 0 Å². The molecule has 0 bridgehead atoms. The third-order valence-corrected chi connectivity index (χ3v) is 12.7. The Morgan fingerprint density at radius 2 is 1.65 bits per heavy atom. The number of ketones is 1. The van der Waals surface area contributed by atoms with Gasteiger partial charge < -0.3 is 0 Å². The number of nitrogens with zero attached hydrogens (tertiary/aromatic N) is 1. The van der Waals surface area contributed by atoms with Gasteiger partial charge in [-0.3, -0.25) is 4.79 Å². The van der Waals surface area contributed by atoms with Crippen molar-refractivity contribution in [2.45, 2.75) is 164 Å². The molecule has 0 aromatic rings. The van der Waals surface area contributed by atoms with Crippen molar-refractivity contribution in [3.63, 3.8) is 0 Å². The maximum atomic E-state index is 12.8. The topological polar surface area (TPSA) is 40.9 Å². The molecule has 4 aliphatic carbocycles. The van der Waals surface area contributed by atoms with Crippen LogP contribution in [-0.4, -0.2) is 5.78 Å². The van der Waals surface area contributed by atoms with Gasteiger partial charge in [-0.25, -0.2) is 5.26 Å². The van der Waals surface area contributed by atoms with Crippen LogP contribution in [0.4, 0.5) is 0 Å². The predicted octanol–water partition coefficient (Wildman–Crippen LogP) is 11.5. The molecule has 40 heavy (non-hydrogen) atoms. The van der Waals surface area contributed by atoms with Gasteiger partial charge in [-0.2, -0.15) is 0 Å². The summed E-state index contributed by atoms with van der Waals surface area (Å²) in [5.74, 6) is 6.64. The average Bonchev–Trinajstić information content (AvgIpc) is 3.29. The maximum Gasteiger partial charge on any atom is 0.133 e. The highest BCUT2D eigenvalue weighted by molar-refractivity contribution is 5.78. The Bertz CT molecular complexity index is 840. The minimum Gasteiger partial charge on any atom is -0.300 e. The van der Waals surface area contributed by atoms with Crippen LogP contribution < -0.4 is 0 Å². The van der Waals surface area contributed by atoms with E-state index in [1.54, 1.807) is 5.57 Å². The molecule has 0 unspecified atom stereocenters. The third-order valence-electron chi connectivity index (χ3n) is 12.7. The second-order valence-electron chi connectivity index (χ2n) is 15.7. The highest BCUT2D eigenvalue weighted by Gasteiger charge is 2.59. The van der Waals surface area contributed by atoms with Crippen LogP contribution in [0.2, 0.25) is 0 Å². The molecule has 2 nitrogen and oxygen atoms in total. The lowest BCUT2D eigenvalue weighted by atomic mass is 9.46. The van der Waals surface area contributed by atoms with Crippen molar-refractivity contribution in [1.82, 2.24) is 0 Å². The fourth-order valence-corrected chi connectivity index (χ4v) is 10.5. The molecule has 4 rings (SSSR count). The fraction of sp³-hybridized carbons (Fsp3) is 0.895. The highest BCUT2D eigenvalue weighted by atomic mass is 16.1. The molecule has 0 heterocycles. The third kappa shape index (κ3) is 7.64. The van der Waals surface area contributed by atoms with E-state index in [2.05, 4.69) is 54.2 Å². The van der Waals surface area contributed by atoms with Gasteiger partial charge >= 0.3 is 0 Å². The molecule has 8 atom stereocenters. The summed E-state index contributed by atoms with van der Waals surface area (Å²) in [7, 11) is 0. The first-order valence-electron chi connectivity index (χ1n) is 17.7. The van der Waals surface area contributed by atoms with Gasteiger partial charge in [0.1, 0.15) is 5.78 Å². The van der Waals surface area contributed by atoms with Crippen molar-refractivity contribution in [3.05, 3.63) is 11.6 Å². The molecular formula is C38H65NO. The lowest BCUT2D eigenvalue weighted by molar-refractivity contribution is -0.120. The number of carbonyl (C=O) groups is 1. The molecule has 0 saturated heterocycles. The van der Waals surface area contributed by atoms with E-state index in [-0.39, 0.29) is 0 Å². The number of carbonyl (C=O) groups excluding carboxylic acids is 1. The second-order valence-corrected chi connectivity index (χ2v) is 15.7. The summed E-state index contributed by atoms with van der Waals surface area (Å²) in [5, 5.41) is 6.50. The standard InChI is InChI=1S/C37H64O.CHN/c1-7-8-9-10-11-12-16-31(38)26-29-21-23-36(5)30(25-29)17-18-32-34-20-19-33(28(4)15-13-14-27(2)3)37(34,6)24-22-35(32)36;1-2/h17,27-29,32-35H,7-16,18-26H2,1-6H3;1H/t28-,29+,32+,33-,34+,35+,36+,37-;/m1./s1. The Balaban J connectivity index is 0.00000216. The molecule has 0 N–H and O–H groups in total. The van der Waals surface area contributed by atoms with Crippen LogP contribution >= 0.6 is 0 Å². The molecule has 0 aromatic carbocycles. The minimum atomic E-state index is 0.421. The zero-order valence-corrected chi connectivity index (χ0v) is 27.5. The monoisotopic (exact) mass is 552 g/mol. The lowest BCUT2D eigenvalue weighted by Crippen LogP contribution is -2.50. The SMILES string of the molecule is C#N.CCCCCCCCC(=O)C[C@H]1CC[C@@]2(C)C(=CC[C@H]3[C@@H]4CC[C@H]([C@H](C)CCCC(C)C)[C@@]4(C)CC[C@@H]32)C1. The van der Waals surface area contributed by atoms with E-state index in [1.165, 1.54) is 103 Å². The smallest absolute Gasteiger partial charge is 0.133 e. The van der Waals surface area contributed by atoms with Crippen molar-refractivity contribution >= 4 is 5.78 Å². The summed E-state index contributed by atoms with van der Waals surface area (Å²) in [6.45, 7) is 18.5. The second kappa shape index (κ2) is 15.4. The van der Waals surface area contributed by atoms with E-state index >= 15 is 0 Å². The van der Waals surface area contributed by atoms with Crippen molar-refractivity contribution < 1.29 is 4.79 Å². The first kappa shape index (κ1) is 33.4. The van der Waals surface area contributed by atoms with Crippen LogP contribution in [0.25, 0.3) is 0 Å². The average molecular weight is 552 g/mol. The van der Waals surface area contributed by atoms with Crippen LogP contribution in [0.15, 0.2) is 11.6 Å². The fourth-order valence-electron chi connectivity index (χ4n) is 10.5. The normalized spacial score (nSPS) is 35.5. The van der Waals surface area contributed by atoms with Crippen molar-refractivity contribution in [3.8, 4) is 6.57 Å². The molecule has 228 valence electrons. The van der Waals surface area contributed by atoms with Crippen LogP contribution in [0, 0.1) is 64.1 Å². The molecule has 0 aliphatic heterocycles. The zero-order chi connectivity index (χ0) is 29.3.